The average Bonchev–Trinajstić information content (AvgIpc) is 0.918. The molecule has 0 aliphatic heterocycles. The number of halogens is 7. The van der Waals surface area contributed by atoms with Gasteiger partial charge in [-0.15, -0.1) is 20.4 Å². The predicted molar refractivity (Wildman–Crippen MR) is 526 cm³/mol. The van der Waals surface area contributed by atoms with Gasteiger partial charge in [-0.1, -0.05) is 156 Å². The van der Waals surface area contributed by atoms with Crippen LogP contribution in [0.25, 0.3) is 77.9 Å². The number of aromatic nitrogens is 13. The van der Waals surface area contributed by atoms with E-state index < -0.39 is 89.4 Å². The summed E-state index contributed by atoms with van der Waals surface area (Å²) in [5.74, 6) is -6.10. The molecule has 0 saturated carbocycles. The standard InChI is InChI=1S/C17H19F2NO2.C16H18F2N2O2.2C16H19FN2O2.C16H20N2O2.C13H15FN2O.C13H16N2O/c1-5-22-13-8-10(6-7-20-13)11-9-12(21)14(17(2,3)4)16(19)15(11)18;1-5-22-12-6-9(8-19-20-12)10-7-11(21)13(16(2,3)4)15(18)14(10)17;1-5-21-15-6-10(9-18-19-15)11-7-14(20)12(8-13(11)17)16(2,3)4;1-5-21-14-8-11(9-18-19-14)10-6-12(17)15(13(20)7-10)16(2,3)4;1-5-20-15-9-12(10-17-18-15)11-6-7-13(14(19)8-11)16(2,3)4;1-8(2)13-11(14)4-9(5-12(13)17)10-6-15-16(3)7-10;1-9(2)12-5-4-10(6-13(12)16)11-7-14-15(3)8-11/h6-9,21H,5H2,1-4H3;6-8,21H,5H2,1-4H3;2*6-9,20H,5H2,1-4H3;6-10,19H,5H2,1-4H3;4-8,17H,1-3H3;4-9,16H,1-3H3/i5*5D2;;. The van der Waals surface area contributed by atoms with Crippen LogP contribution in [0, 0.1) is 40.7 Å². The van der Waals surface area contributed by atoms with E-state index in [0.717, 1.165) is 45.5 Å². The van der Waals surface area contributed by atoms with Crippen LogP contribution in [-0.2, 0) is 41.2 Å². The van der Waals surface area contributed by atoms with Gasteiger partial charge >= 0.3 is 0 Å². The van der Waals surface area contributed by atoms with Gasteiger partial charge in [-0.05, 0) is 179 Å². The van der Waals surface area contributed by atoms with E-state index in [1.165, 1.54) is 120 Å². The fraction of sp³-hybridized carbons (Fsp3) is 0.355. The number of rotatable bonds is 19. The minimum absolute atomic E-state index is 0.00106. The zero-order valence-electron chi connectivity index (χ0n) is 92.5. The van der Waals surface area contributed by atoms with Crippen molar-refractivity contribution in [2.45, 2.75) is 205 Å². The summed E-state index contributed by atoms with van der Waals surface area (Å²) in [5, 5.41) is 108. The molecule has 139 heavy (non-hydrogen) atoms. The van der Waals surface area contributed by atoms with E-state index >= 15 is 0 Å². The van der Waals surface area contributed by atoms with E-state index in [1.807, 2.05) is 114 Å². The highest BCUT2D eigenvalue weighted by Crippen LogP contribution is 2.45. The van der Waals surface area contributed by atoms with Gasteiger partial charge in [-0.25, -0.2) is 35.7 Å². The maximum atomic E-state index is 14.5. The summed E-state index contributed by atoms with van der Waals surface area (Å²) in [7, 11) is 3.67. The Labute approximate surface area is 821 Å². The van der Waals surface area contributed by atoms with Gasteiger partial charge in [0.25, 0.3) is 0 Å². The zero-order chi connectivity index (χ0) is 112. The predicted octanol–water partition coefficient (Wildman–Crippen LogP) is 25.1. The number of pyridine rings is 1. The van der Waals surface area contributed by atoms with Crippen LogP contribution >= 0.6 is 0 Å². The Kier molecular flexibility index (Phi) is 32.4. The van der Waals surface area contributed by atoms with Gasteiger partial charge in [0, 0.05) is 141 Å². The number of phenols is 7. The third-order valence-corrected chi connectivity index (χ3v) is 20.7. The first-order valence-electron chi connectivity index (χ1n) is 48.8. The molecular weight excluding hydrogens is 1790 g/mol. The van der Waals surface area contributed by atoms with E-state index in [-0.39, 0.29) is 126 Å². The molecule has 0 aliphatic carbocycles. The molecular formula is C107H126F7N13O12. The molecule has 32 heteroatoms. The SMILES string of the molecule is CC(C)c1c(O)cc(-c2cnn(C)c2)cc1F.CC(C)c1ccc(-c2cnn(C)c2)cc1O.[2H]C([2H])(C)Oc1cc(-c2cc(O)c(C(C)(C)C)c(F)c2)cnn1.[2H]C([2H])(C)Oc1cc(-c2cc(O)c(C(C)(C)C)c(F)c2F)ccn1.[2H]C([2H])(C)Oc1cc(-c2cc(O)c(C(C)(C)C)c(F)c2F)cnn1.[2H]C([2H])(C)Oc1cc(-c2cc(O)c(C(C)(C)C)cc2F)cnn1.[2H]C([2H])(C)Oc1cc(-c2ccc(C(C)(C)C)c(O)c2)cnn1. The van der Waals surface area contributed by atoms with Crippen molar-refractivity contribution >= 4 is 0 Å². The second-order valence-electron chi connectivity index (χ2n) is 37.4. The van der Waals surface area contributed by atoms with Gasteiger partial charge in [-0.3, -0.25) is 9.36 Å². The largest absolute Gasteiger partial charge is 0.508 e. The second-order valence-corrected chi connectivity index (χ2v) is 37.4. The third-order valence-electron chi connectivity index (χ3n) is 20.7. The molecule has 740 valence electrons. The highest BCUT2D eigenvalue weighted by molar-refractivity contribution is 5.73. The topological polar surface area (TPSA) is 339 Å². The average molecular weight is 1930 g/mol. The molecule has 7 N–H and O–H groups in total. The van der Waals surface area contributed by atoms with Gasteiger partial charge in [0.15, 0.2) is 23.3 Å². The van der Waals surface area contributed by atoms with Crippen LogP contribution < -0.4 is 23.7 Å². The molecule has 0 unspecified atom stereocenters. The number of benzene rings is 7. The van der Waals surface area contributed by atoms with Crippen LogP contribution in [0.1, 0.15) is 231 Å². The second kappa shape index (κ2) is 47.5. The van der Waals surface area contributed by atoms with Crippen molar-refractivity contribution in [3.05, 3.63) is 257 Å². The summed E-state index contributed by atoms with van der Waals surface area (Å²) in [6.07, 6.45) is 13.9. The van der Waals surface area contributed by atoms with E-state index in [0.29, 0.717) is 50.6 Å². The molecule has 0 spiro atoms. The minimum atomic E-state index is -2.00. The maximum absolute atomic E-state index is 14.5. The summed E-state index contributed by atoms with van der Waals surface area (Å²) in [5.41, 5.74) is 6.33. The van der Waals surface area contributed by atoms with Gasteiger partial charge in [-0.2, -0.15) is 30.6 Å². The Bertz CT molecular complexity index is 6850. The molecule has 0 radical (unpaired) electrons. The van der Waals surface area contributed by atoms with Gasteiger partial charge in [0.05, 0.1) is 83.7 Å². The van der Waals surface area contributed by atoms with Crippen LogP contribution in [0.4, 0.5) is 30.7 Å². The molecule has 7 aromatic carbocycles. The number of aromatic hydroxyl groups is 7. The number of nitrogens with zero attached hydrogens (tertiary/aromatic N) is 13. The van der Waals surface area contributed by atoms with Crippen LogP contribution in [0.2, 0.25) is 0 Å². The Balaban J connectivity index is 0.000000213. The molecule has 0 fully saturated rings. The Morgan fingerprint density at radius 3 is 1.06 bits per heavy atom. The van der Waals surface area contributed by atoms with Crippen LogP contribution in [-0.4, -0.2) is 134 Å². The molecule has 7 heterocycles. The van der Waals surface area contributed by atoms with Crippen molar-refractivity contribution in [2.24, 2.45) is 14.1 Å². The molecule has 0 amide bonds. The summed E-state index contributed by atoms with van der Waals surface area (Å²) < 4.78 is 203. The number of phenolic OH excluding ortho intramolecular Hbond substituents is 7. The molecule has 7 aromatic heterocycles. The summed E-state index contributed by atoms with van der Waals surface area (Å²) in [6.45, 7) is 31.5. The first-order valence-corrected chi connectivity index (χ1v) is 43.8. The van der Waals surface area contributed by atoms with Gasteiger partial charge < -0.3 is 59.4 Å². The maximum Gasteiger partial charge on any atom is 0.233 e. The van der Waals surface area contributed by atoms with Crippen LogP contribution in [0.5, 0.6) is 69.6 Å². The summed E-state index contributed by atoms with van der Waals surface area (Å²) >= 11 is 0. The lowest BCUT2D eigenvalue weighted by atomic mass is 9.84. The smallest absolute Gasteiger partial charge is 0.233 e. The number of hydrogen-bond donors (Lipinski definition) is 7. The normalized spacial score (nSPS) is 13.0. The van der Waals surface area contributed by atoms with Crippen LogP contribution in [0.15, 0.2) is 177 Å². The number of ether oxygens (including phenoxy) is 5. The minimum Gasteiger partial charge on any atom is -0.508 e. The van der Waals surface area contributed by atoms with Crippen LogP contribution in [0.3, 0.4) is 0 Å². The quantitative estimate of drug-likeness (QED) is 0.0370. The van der Waals surface area contributed by atoms with Crippen molar-refractivity contribution in [1.82, 2.24) is 65.3 Å². The molecule has 14 rings (SSSR count). The first-order chi connectivity index (χ1) is 68.4. The van der Waals surface area contributed by atoms with Crippen molar-refractivity contribution in [3.8, 4) is 148 Å². The lowest BCUT2D eigenvalue weighted by Crippen LogP contribution is -2.15. The van der Waals surface area contributed by atoms with Crippen molar-refractivity contribution < 1.29 is 104 Å². The van der Waals surface area contributed by atoms with Crippen molar-refractivity contribution in [2.75, 3.05) is 32.8 Å². The lowest BCUT2D eigenvalue weighted by Gasteiger charge is -2.22. The Morgan fingerprint density at radius 2 is 0.662 bits per heavy atom. The van der Waals surface area contributed by atoms with E-state index in [1.54, 1.807) is 107 Å². The zero-order valence-corrected chi connectivity index (χ0v) is 82.5. The first kappa shape index (κ1) is 94.9. The highest BCUT2D eigenvalue weighted by Gasteiger charge is 2.32. The Hall–Kier alpha value is -14.5. The highest BCUT2D eigenvalue weighted by atomic mass is 19.2. The number of aryl methyl sites for hydroxylation is 2. The van der Waals surface area contributed by atoms with Crippen molar-refractivity contribution in [3.63, 3.8) is 0 Å². The summed E-state index contributed by atoms with van der Waals surface area (Å²) in [6, 6.07) is 30.2. The molecule has 0 bridgehead atoms. The van der Waals surface area contributed by atoms with Gasteiger partial charge in [0.1, 0.15) is 57.7 Å². The van der Waals surface area contributed by atoms with Gasteiger partial charge in [0.2, 0.25) is 29.4 Å². The number of hydrogen-bond acceptors (Lipinski definition) is 23. The third kappa shape index (κ3) is 29.5. The molecule has 0 aliphatic rings. The summed E-state index contributed by atoms with van der Waals surface area (Å²) in [4.78, 5) is 3.84. The molecule has 0 atom stereocenters. The van der Waals surface area contributed by atoms with E-state index in [4.69, 9.17) is 37.4 Å². The molecule has 0 saturated heterocycles. The fourth-order valence-electron chi connectivity index (χ4n) is 14.4. The molecule has 25 nitrogen and oxygen atoms in total. The monoisotopic (exact) mass is 1930 g/mol. The Morgan fingerprint density at radius 1 is 0.309 bits per heavy atom. The lowest BCUT2D eigenvalue weighted by molar-refractivity contribution is 0.322. The van der Waals surface area contributed by atoms with Crippen molar-refractivity contribution in [1.29, 1.82) is 0 Å². The molecule has 14 aromatic rings. The fourth-order valence-corrected chi connectivity index (χ4v) is 14.4. The van der Waals surface area contributed by atoms with E-state index in [9.17, 15) is 66.5 Å². The van der Waals surface area contributed by atoms with E-state index in [2.05, 4.69) is 69.8 Å².